The van der Waals surface area contributed by atoms with Crippen LogP contribution in [0.25, 0.3) is 0 Å². The van der Waals surface area contributed by atoms with Gasteiger partial charge in [-0.3, -0.25) is 4.79 Å². The van der Waals surface area contributed by atoms with Crippen LogP contribution in [0.4, 0.5) is 0 Å². The van der Waals surface area contributed by atoms with Gasteiger partial charge in [0.25, 0.3) is 5.91 Å². The molecule has 1 rings (SSSR count). The second-order valence-electron chi connectivity index (χ2n) is 4.01. The maximum absolute atomic E-state index is 11.7. The standard InChI is InChI=1S/C13H18ClNO2/c1-4-9(2)15-13(16)10(3)17-12-8-6-5-7-11(12)14/h5-10H,4H2,1-3H3,(H,15,16)/t9-,10-/m1/s1. The number of rotatable bonds is 5. The van der Waals surface area contributed by atoms with Gasteiger partial charge in [0.05, 0.1) is 5.02 Å². The van der Waals surface area contributed by atoms with Gasteiger partial charge < -0.3 is 10.1 Å². The predicted octanol–water partition coefficient (Wildman–Crippen LogP) is 3.02. The highest BCUT2D eigenvalue weighted by Gasteiger charge is 2.16. The number of amides is 1. The van der Waals surface area contributed by atoms with Crippen LogP contribution in [0, 0.1) is 0 Å². The lowest BCUT2D eigenvalue weighted by molar-refractivity contribution is -0.127. The number of carbonyl (C=O) groups is 1. The monoisotopic (exact) mass is 255 g/mol. The van der Waals surface area contributed by atoms with E-state index in [4.69, 9.17) is 16.3 Å². The average molecular weight is 256 g/mol. The summed E-state index contributed by atoms with van der Waals surface area (Å²) in [6.45, 7) is 5.69. The van der Waals surface area contributed by atoms with Crippen molar-refractivity contribution < 1.29 is 9.53 Å². The van der Waals surface area contributed by atoms with Crippen molar-refractivity contribution in [2.24, 2.45) is 0 Å². The molecule has 1 amide bonds. The smallest absolute Gasteiger partial charge is 0.260 e. The van der Waals surface area contributed by atoms with Crippen LogP contribution < -0.4 is 10.1 Å². The van der Waals surface area contributed by atoms with Gasteiger partial charge in [-0.25, -0.2) is 0 Å². The van der Waals surface area contributed by atoms with E-state index in [1.165, 1.54) is 0 Å². The van der Waals surface area contributed by atoms with Crippen LogP contribution in [0.3, 0.4) is 0 Å². The number of benzene rings is 1. The highest BCUT2D eigenvalue weighted by molar-refractivity contribution is 6.32. The number of hydrogen-bond donors (Lipinski definition) is 1. The zero-order valence-electron chi connectivity index (χ0n) is 10.4. The van der Waals surface area contributed by atoms with E-state index < -0.39 is 6.10 Å². The molecule has 0 heterocycles. The average Bonchev–Trinajstić information content (AvgIpc) is 2.31. The summed E-state index contributed by atoms with van der Waals surface area (Å²) in [5.74, 6) is 0.403. The molecule has 0 aliphatic heterocycles. The van der Waals surface area contributed by atoms with Crippen LogP contribution in [0.2, 0.25) is 5.02 Å². The maximum atomic E-state index is 11.7. The Morgan fingerprint density at radius 2 is 2.06 bits per heavy atom. The molecule has 0 aliphatic carbocycles. The van der Waals surface area contributed by atoms with Crippen molar-refractivity contribution in [2.75, 3.05) is 0 Å². The molecule has 2 atom stereocenters. The minimum atomic E-state index is -0.552. The molecule has 1 aromatic rings. The molecule has 0 spiro atoms. The number of carbonyl (C=O) groups excluding carboxylic acids is 1. The van der Waals surface area contributed by atoms with Crippen molar-refractivity contribution in [1.82, 2.24) is 5.32 Å². The lowest BCUT2D eigenvalue weighted by Crippen LogP contribution is -2.41. The number of para-hydroxylation sites is 1. The fourth-order valence-corrected chi connectivity index (χ4v) is 1.43. The summed E-state index contributed by atoms with van der Waals surface area (Å²) in [5, 5.41) is 3.37. The Balaban J connectivity index is 2.57. The Kier molecular flexibility index (Phi) is 5.29. The Bertz CT molecular complexity index is 381. The van der Waals surface area contributed by atoms with E-state index in [0.717, 1.165) is 6.42 Å². The van der Waals surface area contributed by atoms with Gasteiger partial charge in [0.1, 0.15) is 5.75 Å². The van der Waals surface area contributed by atoms with E-state index in [2.05, 4.69) is 5.32 Å². The van der Waals surface area contributed by atoms with Crippen LogP contribution in [-0.2, 0) is 4.79 Å². The van der Waals surface area contributed by atoms with E-state index in [1.54, 1.807) is 19.1 Å². The molecule has 4 heteroatoms. The van der Waals surface area contributed by atoms with E-state index in [1.807, 2.05) is 26.0 Å². The van der Waals surface area contributed by atoms with Gasteiger partial charge in [-0.05, 0) is 32.4 Å². The van der Waals surface area contributed by atoms with Crippen molar-refractivity contribution in [3.63, 3.8) is 0 Å². The van der Waals surface area contributed by atoms with Gasteiger partial charge in [0, 0.05) is 6.04 Å². The first-order chi connectivity index (χ1) is 8.04. The topological polar surface area (TPSA) is 38.3 Å². The third-order valence-electron chi connectivity index (χ3n) is 2.51. The lowest BCUT2D eigenvalue weighted by atomic mass is 10.2. The fraction of sp³-hybridized carbons (Fsp3) is 0.462. The summed E-state index contributed by atoms with van der Waals surface area (Å²) in [7, 11) is 0. The van der Waals surface area contributed by atoms with E-state index in [-0.39, 0.29) is 11.9 Å². The van der Waals surface area contributed by atoms with Crippen molar-refractivity contribution in [3.8, 4) is 5.75 Å². The van der Waals surface area contributed by atoms with Gasteiger partial charge in [-0.1, -0.05) is 30.7 Å². The van der Waals surface area contributed by atoms with Crippen molar-refractivity contribution in [2.45, 2.75) is 39.3 Å². The summed E-state index contributed by atoms with van der Waals surface area (Å²) >= 11 is 5.95. The molecule has 0 fully saturated rings. The van der Waals surface area contributed by atoms with Crippen LogP contribution in [0.5, 0.6) is 5.75 Å². The Hall–Kier alpha value is -1.22. The second-order valence-corrected chi connectivity index (χ2v) is 4.42. The number of ether oxygens (including phenoxy) is 1. The first-order valence-electron chi connectivity index (χ1n) is 5.76. The first-order valence-corrected chi connectivity index (χ1v) is 6.14. The normalized spacial score (nSPS) is 13.9. The molecule has 0 aromatic heterocycles. The van der Waals surface area contributed by atoms with Crippen LogP contribution in [0.15, 0.2) is 24.3 Å². The molecule has 0 saturated carbocycles. The molecular formula is C13H18ClNO2. The quantitative estimate of drug-likeness (QED) is 0.878. The fourth-order valence-electron chi connectivity index (χ4n) is 1.25. The molecule has 0 radical (unpaired) electrons. The van der Waals surface area contributed by atoms with Gasteiger partial charge in [-0.15, -0.1) is 0 Å². The third-order valence-corrected chi connectivity index (χ3v) is 2.82. The van der Waals surface area contributed by atoms with Crippen molar-refractivity contribution in [3.05, 3.63) is 29.3 Å². The highest BCUT2D eigenvalue weighted by atomic mass is 35.5. The lowest BCUT2D eigenvalue weighted by Gasteiger charge is -2.18. The Labute approximate surface area is 107 Å². The van der Waals surface area contributed by atoms with Crippen LogP contribution >= 0.6 is 11.6 Å². The summed E-state index contributed by atoms with van der Waals surface area (Å²) in [6, 6.07) is 7.27. The van der Waals surface area contributed by atoms with Gasteiger partial charge in [-0.2, -0.15) is 0 Å². The van der Waals surface area contributed by atoms with E-state index in [9.17, 15) is 4.79 Å². The third kappa shape index (κ3) is 4.27. The van der Waals surface area contributed by atoms with Crippen molar-refractivity contribution >= 4 is 17.5 Å². The van der Waals surface area contributed by atoms with Gasteiger partial charge >= 0.3 is 0 Å². The molecule has 0 unspecified atom stereocenters. The molecule has 1 N–H and O–H groups in total. The molecule has 0 aliphatic rings. The second kappa shape index (κ2) is 6.50. The Morgan fingerprint density at radius 3 is 2.65 bits per heavy atom. The molecule has 0 bridgehead atoms. The van der Waals surface area contributed by atoms with E-state index in [0.29, 0.717) is 10.8 Å². The number of hydrogen-bond acceptors (Lipinski definition) is 2. The molecule has 3 nitrogen and oxygen atoms in total. The summed E-state index contributed by atoms with van der Waals surface area (Å²) < 4.78 is 5.51. The number of halogens is 1. The molecule has 1 aromatic carbocycles. The largest absolute Gasteiger partial charge is 0.479 e. The van der Waals surface area contributed by atoms with E-state index >= 15 is 0 Å². The van der Waals surface area contributed by atoms with Gasteiger partial charge in [0.15, 0.2) is 6.10 Å². The zero-order chi connectivity index (χ0) is 12.8. The molecule has 17 heavy (non-hydrogen) atoms. The minimum absolute atomic E-state index is 0.126. The van der Waals surface area contributed by atoms with Crippen LogP contribution in [-0.4, -0.2) is 18.1 Å². The summed E-state index contributed by atoms with van der Waals surface area (Å²) in [6.07, 6.45) is 0.341. The Morgan fingerprint density at radius 1 is 1.41 bits per heavy atom. The van der Waals surface area contributed by atoms with Gasteiger partial charge in [0.2, 0.25) is 0 Å². The first kappa shape index (κ1) is 13.8. The molecule has 94 valence electrons. The molecule has 0 saturated heterocycles. The summed E-state index contributed by atoms with van der Waals surface area (Å²) in [5.41, 5.74) is 0. The summed E-state index contributed by atoms with van der Waals surface area (Å²) in [4.78, 5) is 11.7. The minimum Gasteiger partial charge on any atom is -0.479 e. The molecular weight excluding hydrogens is 238 g/mol. The van der Waals surface area contributed by atoms with Crippen molar-refractivity contribution in [1.29, 1.82) is 0 Å². The van der Waals surface area contributed by atoms with Crippen LogP contribution in [0.1, 0.15) is 27.2 Å². The SMILES string of the molecule is CC[C@@H](C)NC(=O)[C@@H](C)Oc1ccccc1Cl. The maximum Gasteiger partial charge on any atom is 0.260 e. The highest BCUT2D eigenvalue weighted by Crippen LogP contribution is 2.24. The number of nitrogens with one attached hydrogen (secondary N) is 1. The predicted molar refractivity (Wildman–Crippen MR) is 69.4 cm³/mol. The zero-order valence-corrected chi connectivity index (χ0v) is 11.1.